The lowest BCUT2D eigenvalue weighted by atomic mass is 10.0. The molecule has 5 rings (SSSR count). The lowest BCUT2D eigenvalue weighted by Gasteiger charge is -2.18. The number of ether oxygens (including phenoxy) is 2. The zero-order valence-electron chi connectivity index (χ0n) is 19.1. The van der Waals surface area contributed by atoms with Gasteiger partial charge in [-0.15, -0.1) is 0 Å². The molecule has 0 fully saturated rings. The fraction of sp³-hybridized carbons (Fsp3) is 0.192. The van der Waals surface area contributed by atoms with Gasteiger partial charge < -0.3 is 24.3 Å². The number of benzene rings is 3. The van der Waals surface area contributed by atoms with E-state index in [1.807, 2.05) is 18.2 Å². The van der Waals surface area contributed by atoms with E-state index in [-0.39, 0.29) is 10.9 Å². The molecule has 8 nitrogen and oxygen atoms in total. The Morgan fingerprint density at radius 3 is 2.60 bits per heavy atom. The number of carbonyl (C=O) groups excluding carboxylic acids is 1. The van der Waals surface area contributed by atoms with E-state index in [0.29, 0.717) is 58.9 Å². The van der Waals surface area contributed by atoms with Crippen molar-refractivity contribution >= 4 is 40.0 Å². The van der Waals surface area contributed by atoms with E-state index in [0.717, 1.165) is 11.1 Å². The van der Waals surface area contributed by atoms with Gasteiger partial charge in [0.2, 0.25) is 5.89 Å². The van der Waals surface area contributed by atoms with Gasteiger partial charge in [0.05, 0.1) is 5.56 Å². The van der Waals surface area contributed by atoms with E-state index >= 15 is 0 Å². The zero-order valence-corrected chi connectivity index (χ0v) is 19.9. The van der Waals surface area contributed by atoms with Crippen molar-refractivity contribution in [2.24, 2.45) is 0 Å². The Hall–Kier alpha value is -4.11. The number of rotatable bonds is 4. The molecule has 2 heterocycles. The van der Waals surface area contributed by atoms with Crippen LogP contribution in [-0.2, 0) is 0 Å². The number of aromatic hydroxyl groups is 1. The highest BCUT2D eigenvalue weighted by Crippen LogP contribution is 2.34. The molecule has 0 atom stereocenters. The van der Waals surface area contributed by atoms with Gasteiger partial charge in [0.15, 0.2) is 22.2 Å². The van der Waals surface area contributed by atoms with E-state index in [4.69, 9.17) is 26.1 Å². The van der Waals surface area contributed by atoms with Gasteiger partial charge in [0.1, 0.15) is 24.5 Å². The molecule has 0 aliphatic carbocycles. The Kier molecular flexibility index (Phi) is 6.00. The number of nitrogens with one attached hydrogen (secondary N) is 2. The minimum Gasteiger partial charge on any atom is -0.507 e. The number of hydrogen-bond acceptors (Lipinski definition) is 7. The topological polar surface area (TPSA) is 106 Å². The Morgan fingerprint density at radius 1 is 1.03 bits per heavy atom. The molecule has 0 bridgehead atoms. The average Bonchev–Trinajstić information content (AvgIpc) is 3.26. The van der Waals surface area contributed by atoms with Gasteiger partial charge in [-0.2, -0.15) is 0 Å². The third kappa shape index (κ3) is 4.76. The van der Waals surface area contributed by atoms with Crippen LogP contribution in [0.5, 0.6) is 17.2 Å². The van der Waals surface area contributed by atoms with Crippen molar-refractivity contribution in [3.05, 3.63) is 65.7 Å². The van der Waals surface area contributed by atoms with Gasteiger partial charge in [0, 0.05) is 17.3 Å². The van der Waals surface area contributed by atoms with Gasteiger partial charge in [-0.25, -0.2) is 4.98 Å². The molecule has 1 aliphatic heterocycles. The number of hydrogen-bond donors (Lipinski definition) is 3. The molecule has 1 aromatic heterocycles. The van der Waals surface area contributed by atoms with Crippen molar-refractivity contribution in [2.75, 3.05) is 18.5 Å². The quantitative estimate of drug-likeness (QED) is 0.335. The third-order valence-corrected chi connectivity index (χ3v) is 5.80. The molecule has 1 aliphatic rings. The summed E-state index contributed by atoms with van der Waals surface area (Å²) in [5.41, 5.74) is 3.87. The Balaban J connectivity index is 1.27. The largest absolute Gasteiger partial charge is 0.507 e. The number of oxazole rings is 1. The van der Waals surface area contributed by atoms with Crippen LogP contribution in [0.25, 0.3) is 22.6 Å². The normalized spacial score (nSPS) is 12.5. The van der Waals surface area contributed by atoms with E-state index in [9.17, 15) is 9.90 Å². The van der Waals surface area contributed by atoms with Gasteiger partial charge in [-0.05, 0) is 66.2 Å². The van der Waals surface area contributed by atoms with Gasteiger partial charge in [-0.3, -0.25) is 10.1 Å². The maximum absolute atomic E-state index is 12.6. The molecule has 0 unspecified atom stereocenters. The molecule has 0 saturated heterocycles. The molecular formula is C26H23N3O5S. The lowest BCUT2D eigenvalue weighted by molar-refractivity contribution is 0.0976. The Labute approximate surface area is 206 Å². The first-order valence-electron chi connectivity index (χ1n) is 11.1. The maximum atomic E-state index is 12.6. The van der Waals surface area contributed by atoms with Gasteiger partial charge in [-0.1, -0.05) is 19.9 Å². The van der Waals surface area contributed by atoms with Crippen LogP contribution in [0.1, 0.15) is 35.7 Å². The average molecular weight is 490 g/mol. The molecule has 0 radical (unpaired) electrons. The number of carbonyl (C=O) groups is 1. The minimum atomic E-state index is -0.396. The van der Waals surface area contributed by atoms with E-state index in [1.165, 1.54) is 6.07 Å². The predicted molar refractivity (Wildman–Crippen MR) is 136 cm³/mol. The summed E-state index contributed by atoms with van der Waals surface area (Å²) in [6.07, 6.45) is 0. The van der Waals surface area contributed by atoms with Crippen LogP contribution in [0, 0.1) is 0 Å². The van der Waals surface area contributed by atoms with Crippen LogP contribution in [0.4, 0.5) is 5.69 Å². The molecule has 178 valence electrons. The minimum absolute atomic E-state index is 0.0356. The van der Waals surface area contributed by atoms with Crippen molar-refractivity contribution in [1.29, 1.82) is 0 Å². The number of phenolic OH excluding ortho intramolecular Hbond substituents is 1. The third-order valence-electron chi connectivity index (χ3n) is 5.60. The van der Waals surface area contributed by atoms with Crippen LogP contribution in [-0.4, -0.2) is 34.3 Å². The number of phenols is 1. The van der Waals surface area contributed by atoms with Crippen LogP contribution >= 0.6 is 12.2 Å². The van der Waals surface area contributed by atoms with Crippen LogP contribution < -0.4 is 20.1 Å². The van der Waals surface area contributed by atoms with E-state index < -0.39 is 5.91 Å². The monoisotopic (exact) mass is 489 g/mol. The number of aromatic nitrogens is 1. The second kappa shape index (κ2) is 9.27. The van der Waals surface area contributed by atoms with Gasteiger partial charge >= 0.3 is 0 Å². The number of thiocarbonyl (C=S) groups is 1. The number of nitrogens with zero attached hydrogens (tertiary/aromatic N) is 1. The highest BCUT2D eigenvalue weighted by Gasteiger charge is 2.17. The first-order chi connectivity index (χ1) is 16.9. The van der Waals surface area contributed by atoms with E-state index in [2.05, 4.69) is 29.5 Å². The van der Waals surface area contributed by atoms with Crippen LogP contribution in [0.2, 0.25) is 0 Å². The predicted octanol–water partition coefficient (Wildman–Crippen LogP) is 5.22. The summed E-state index contributed by atoms with van der Waals surface area (Å²) in [7, 11) is 0. The summed E-state index contributed by atoms with van der Waals surface area (Å²) in [6.45, 7) is 5.13. The molecule has 9 heteroatoms. The van der Waals surface area contributed by atoms with Crippen molar-refractivity contribution in [3.63, 3.8) is 0 Å². The molecule has 4 aromatic rings. The first-order valence-corrected chi connectivity index (χ1v) is 11.5. The standard InChI is InChI=1S/C26H23N3O5S/c1-14(2)15-3-7-21-19(11-15)28-25(34-21)18-6-5-17(13-20(18)30)27-26(35)29-24(31)16-4-8-22-23(12-16)33-10-9-32-22/h3-8,11-14,30H,9-10H2,1-2H3,(H2,27,29,31,35). The first kappa shape index (κ1) is 22.7. The van der Waals surface area contributed by atoms with Gasteiger partial charge in [0.25, 0.3) is 5.91 Å². The highest BCUT2D eigenvalue weighted by atomic mass is 32.1. The van der Waals surface area contributed by atoms with Crippen LogP contribution in [0.3, 0.4) is 0 Å². The maximum Gasteiger partial charge on any atom is 0.257 e. The molecule has 1 amide bonds. The lowest BCUT2D eigenvalue weighted by Crippen LogP contribution is -2.34. The number of fused-ring (bicyclic) bond motifs is 2. The highest BCUT2D eigenvalue weighted by molar-refractivity contribution is 7.80. The summed E-state index contributed by atoms with van der Waals surface area (Å²) in [4.78, 5) is 17.1. The summed E-state index contributed by atoms with van der Waals surface area (Å²) in [6, 6.07) is 15.7. The number of amides is 1. The Morgan fingerprint density at radius 2 is 1.83 bits per heavy atom. The molecule has 0 spiro atoms. The summed E-state index contributed by atoms with van der Waals surface area (Å²) < 4.78 is 16.8. The van der Waals surface area contributed by atoms with Crippen molar-refractivity contribution in [1.82, 2.24) is 10.3 Å². The molecular weight excluding hydrogens is 466 g/mol. The number of anilines is 1. The molecule has 3 aromatic carbocycles. The van der Waals surface area contributed by atoms with Crippen molar-refractivity contribution in [3.8, 4) is 28.7 Å². The molecule has 0 saturated carbocycles. The smallest absolute Gasteiger partial charge is 0.257 e. The fourth-order valence-corrected chi connectivity index (χ4v) is 3.94. The summed E-state index contributed by atoms with van der Waals surface area (Å²) in [5, 5.41) is 16.2. The second-order valence-electron chi connectivity index (χ2n) is 8.40. The summed E-state index contributed by atoms with van der Waals surface area (Å²) >= 11 is 5.27. The molecule has 3 N–H and O–H groups in total. The van der Waals surface area contributed by atoms with E-state index in [1.54, 1.807) is 30.3 Å². The zero-order chi connectivity index (χ0) is 24.5. The summed E-state index contributed by atoms with van der Waals surface area (Å²) in [5.74, 6) is 1.38. The fourth-order valence-electron chi connectivity index (χ4n) is 3.73. The molecule has 35 heavy (non-hydrogen) atoms. The SMILES string of the molecule is CC(C)c1ccc2oc(-c3ccc(NC(=S)NC(=O)c4ccc5c(c4)OCCO5)cc3O)nc2c1. The van der Waals surface area contributed by atoms with Crippen molar-refractivity contribution in [2.45, 2.75) is 19.8 Å². The van der Waals surface area contributed by atoms with Crippen LogP contribution in [0.15, 0.2) is 59.0 Å². The second-order valence-corrected chi connectivity index (χ2v) is 8.81. The Bertz CT molecular complexity index is 1450. The van der Waals surface area contributed by atoms with Crippen molar-refractivity contribution < 1.29 is 23.8 Å².